The molecule has 2 aliphatic heterocycles. The molecule has 3 nitrogen and oxygen atoms in total. The van der Waals surface area contributed by atoms with E-state index in [1.807, 2.05) is 12.1 Å². The van der Waals surface area contributed by atoms with Crippen LogP contribution in [0, 0.1) is 11.7 Å². The van der Waals surface area contributed by atoms with Crippen molar-refractivity contribution in [2.75, 3.05) is 26.2 Å². The second kappa shape index (κ2) is 6.83. The monoisotopic (exact) mass is 330 g/mol. The average Bonchev–Trinajstić information content (AvgIpc) is 3.43. The molecule has 1 amide bonds. The van der Waals surface area contributed by atoms with Crippen molar-refractivity contribution in [2.45, 2.75) is 50.5 Å². The van der Waals surface area contributed by atoms with Gasteiger partial charge >= 0.3 is 0 Å². The van der Waals surface area contributed by atoms with Gasteiger partial charge in [0, 0.05) is 25.0 Å². The molecule has 2 heterocycles. The van der Waals surface area contributed by atoms with Crippen LogP contribution >= 0.6 is 0 Å². The summed E-state index contributed by atoms with van der Waals surface area (Å²) in [6, 6.07) is 7.34. The molecule has 3 fully saturated rings. The SMILES string of the molecule is O=C([C@H]1C[C@@H]1c1ccc(F)cc1)N1CCC(N2CCCCC2)CC1. The van der Waals surface area contributed by atoms with E-state index in [4.69, 9.17) is 0 Å². The number of rotatable bonds is 3. The Morgan fingerprint density at radius 2 is 1.62 bits per heavy atom. The van der Waals surface area contributed by atoms with Crippen LogP contribution in [0.25, 0.3) is 0 Å². The van der Waals surface area contributed by atoms with E-state index in [1.54, 1.807) is 0 Å². The lowest BCUT2D eigenvalue weighted by atomic mass is 9.99. The van der Waals surface area contributed by atoms with E-state index in [2.05, 4.69) is 9.80 Å². The maximum absolute atomic E-state index is 13.0. The number of benzene rings is 1. The van der Waals surface area contributed by atoms with Crippen LogP contribution < -0.4 is 0 Å². The summed E-state index contributed by atoms with van der Waals surface area (Å²) >= 11 is 0. The van der Waals surface area contributed by atoms with E-state index in [0.717, 1.165) is 37.9 Å². The van der Waals surface area contributed by atoms with Gasteiger partial charge in [0.25, 0.3) is 0 Å². The lowest BCUT2D eigenvalue weighted by Crippen LogP contribution is -2.48. The first-order valence-electron chi connectivity index (χ1n) is 9.50. The Labute approximate surface area is 143 Å². The number of piperidine rings is 2. The highest BCUT2D eigenvalue weighted by Gasteiger charge is 2.46. The quantitative estimate of drug-likeness (QED) is 0.848. The summed E-state index contributed by atoms with van der Waals surface area (Å²) in [5.74, 6) is 0.545. The van der Waals surface area contributed by atoms with Gasteiger partial charge in [-0.2, -0.15) is 0 Å². The molecule has 4 heteroatoms. The van der Waals surface area contributed by atoms with Crippen LogP contribution in [0.15, 0.2) is 24.3 Å². The number of carbonyl (C=O) groups is 1. The minimum Gasteiger partial charge on any atom is -0.342 e. The van der Waals surface area contributed by atoms with Crippen molar-refractivity contribution in [3.63, 3.8) is 0 Å². The molecule has 2 atom stereocenters. The number of carbonyl (C=O) groups excluding carboxylic acids is 1. The fourth-order valence-corrected chi connectivity index (χ4v) is 4.52. The lowest BCUT2D eigenvalue weighted by Gasteiger charge is -2.40. The fourth-order valence-electron chi connectivity index (χ4n) is 4.52. The second-order valence-electron chi connectivity index (χ2n) is 7.65. The minimum atomic E-state index is -0.206. The number of likely N-dealkylation sites (tertiary alicyclic amines) is 2. The smallest absolute Gasteiger partial charge is 0.226 e. The highest BCUT2D eigenvalue weighted by Crippen LogP contribution is 2.48. The van der Waals surface area contributed by atoms with Crippen LogP contribution in [0.3, 0.4) is 0 Å². The van der Waals surface area contributed by atoms with Gasteiger partial charge in [0.2, 0.25) is 5.91 Å². The topological polar surface area (TPSA) is 23.6 Å². The molecule has 130 valence electrons. The Hall–Kier alpha value is -1.42. The molecule has 0 radical (unpaired) electrons. The van der Waals surface area contributed by atoms with Gasteiger partial charge in [-0.25, -0.2) is 4.39 Å². The van der Waals surface area contributed by atoms with Crippen molar-refractivity contribution in [1.29, 1.82) is 0 Å². The molecule has 4 rings (SSSR count). The Kier molecular flexibility index (Phi) is 4.57. The van der Waals surface area contributed by atoms with Gasteiger partial charge in [-0.1, -0.05) is 18.6 Å². The molecule has 0 unspecified atom stereocenters. The van der Waals surface area contributed by atoms with E-state index in [0.29, 0.717) is 17.9 Å². The summed E-state index contributed by atoms with van der Waals surface area (Å²) in [5.41, 5.74) is 1.11. The van der Waals surface area contributed by atoms with Crippen molar-refractivity contribution in [3.8, 4) is 0 Å². The summed E-state index contributed by atoms with van der Waals surface area (Å²) in [5, 5.41) is 0. The average molecular weight is 330 g/mol. The Balaban J connectivity index is 1.28. The predicted octanol–water partition coefficient (Wildman–Crippen LogP) is 3.41. The minimum absolute atomic E-state index is 0.127. The van der Waals surface area contributed by atoms with Gasteiger partial charge < -0.3 is 9.80 Å². The van der Waals surface area contributed by atoms with E-state index >= 15 is 0 Å². The molecule has 1 aromatic carbocycles. The van der Waals surface area contributed by atoms with Crippen LogP contribution in [-0.2, 0) is 4.79 Å². The van der Waals surface area contributed by atoms with Crippen LogP contribution in [-0.4, -0.2) is 47.9 Å². The summed E-state index contributed by atoms with van der Waals surface area (Å²) in [7, 11) is 0. The first-order chi connectivity index (χ1) is 11.7. The highest BCUT2D eigenvalue weighted by atomic mass is 19.1. The van der Waals surface area contributed by atoms with Crippen molar-refractivity contribution in [2.24, 2.45) is 5.92 Å². The fraction of sp³-hybridized carbons (Fsp3) is 0.650. The molecule has 3 aliphatic rings. The third kappa shape index (κ3) is 3.34. The van der Waals surface area contributed by atoms with Gasteiger partial charge in [-0.3, -0.25) is 4.79 Å². The summed E-state index contributed by atoms with van der Waals surface area (Å²) < 4.78 is 13.0. The molecule has 0 aromatic heterocycles. The lowest BCUT2D eigenvalue weighted by molar-refractivity contribution is -0.134. The largest absolute Gasteiger partial charge is 0.342 e. The summed E-state index contributed by atoms with van der Waals surface area (Å²) in [6.07, 6.45) is 7.22. The maximum atomic E-state index is 13.0. The number of halogens is 1. The molecule has 1 aliphatic carbocycles. The molecule has 24 heavy (non-hydrogen) atoms. The third-order valence-electron chi connectivity index (χ3n) is 6.09. The van der Waals surface area contributed by atoms with E-state index in [-0.39, 0.29) is 11.7 Å². The van der Waals surface area contributed by atoms with Gasteiger partial charge in [0.05, 0.1) is 0 Å². The predicted molar refractivity (Wildman–Crippen MR) is 92.3 cm³/mol. The molecular formula is C20H27FN2O. The third-order valence-corrected chi connectivity index (χ3v) is 6.09. The second-order valence-corrected chi connectivity index (χ2v) is 7.65. The Bertz CT molecular complexity index is 574. The first kappa shape index (κ1) is 16.1. The van der Waals surface area contributed by atoms with Gasteiger partial charge in [-0.05, 0) is 68.8 Å². The van der Waals surface area contributed by atoms with E-state index < -0.39 is 0 Å². The van der Waals surface area contributed by atoms with Crippen LogP contribution in [0.5, 0.6) is 0 Å². The van der Waals surface area contributed by atoms with Crippen molar-refractivity contribution >= 4 is 5.91 Å². The van der Waals surface area contributed by atoms with Crippen molar-refractivity contribution in [3.05, 3.63) is 35.6 Å². The van der Waals surface area contributed by atoms with Crippen LogP contribution in [0.1, 0.15) is 50.0 Å². The highest BCUT2D eigenvalue weighted by molar-refractivity contribution is 5.83. The van der Waals surface area contributed by atoms with Gasteiger partial charge in [0.15, 0.2) is 0 Å². The van der Waals surface area contributed by atoms with E-state index in [1.165, 1.54) is 44.5 Å². The summed E-state index contributed by atoms with van der Waals surface area (Å²) in [6.45, 7) is 4.31. The van der Waals surface area contributed by atoms with Gasteiger partial charge in [-0.15, -0.1) is 0 Å². The van der Waals surface area contributed by atoms with E-state index in [9.17, 15) is 9.18 Å². The van der Waals surface area contributed by atoms with Crippen molar-refractivity contribution in [1.82, 2.24) is 9.80 Å². The normalized spacial score (nSPS) is 28.8. The summed E-state index contributed by atoms with van der Waals surface area (Å²) in [4.78, 5) is 17.5. The van der Waals surface area contributed by atoms with Crippen LogP contribution in [0.2, 0.25) is 0 Å². The zero-order chi connectivity index (χ0) is 16.5. The van der Waals surface area contributed by atoms with Crippen molar-refractivity contribution < 1.29 is 9.18 Å². The molecule has 2 saturated heterocycles. The Morgan fingerprint density at radius 3 is 2.29 bits per heavy atom. The van der Waals surface area contributed by atoms with Gasteiger partial charge in [0.1, 0.15) is 5.82 Å². The number of hydrogen-bond acceptors (Lipinski definition) is 2. The Morgan fingerprint density at radius 1 is 0.958 bits per heavy atom. The van der Waals surface area contributed by atoms with Crippen LogP contribution in [0.4, 0.5) is 4.39 Å². The number of nitrogens with zero attached hydrogens (tertiary/aromatic N) is 2. The molecule has 1 aromatic rings. The molecule has 0 N–H and O–H groups in total. The molecular weight excluding hydrogens is 303 g/mol. The number of amides is 1. The first-order valence-corrected chi connectivity index (χ1v) is 9.50. The molecule has 0 bridgehead atoms. The zero-order valence-electron chi connectivity index (χ0n) is 14.3. The zero-order valence-corrected chi connectivity index (χ0v) is 14.3. The standard InChI is InChI=1S/C20H27FN2O/c21-16-6-4-15(5-7-16)18-14-19(18)20(24)23-12-8-17(9-13-23)22-10-2-1-3-11-22/h4-7,17-19H,1-3,8-14H2/t18-,19+/m1/s1. The molecule has 0 spiro atoms. The molecule has 1 saturated carbocycles. The number of hydrogen-bond donors (Lipinski definition) is 0. The maximum Gasteiger partial charge on any atom is 0.226 e.